The van der Waals surface area contributed by atoms with Gasteiger partial charge in [-0.15, -0.1) is 0 Å². The smallest absolute Gasteiger partial charge is 0.316 e. The Hall–Kier alpha value is -2.23. The van der Waals surface area contributed by atoms with Crippen LogP contribution in [0.25, 0.3) is 0 Å². The third kappa shape index (κ3) is 4.11. The van der Waals surface area contributed by atoms with Crippen molar-refractivity contribution in [1.29, 1.82) is 5.26 Å². The zero-order valence-electron chi connectivity index (χ0n) is 16.0. The van der Waals surface area contributed by atoms with Crippen molar-refractivity contribution in [3.8, 4) is 6.07 Å². The summed E-state index contributed by atoms with van der Waals surface area (Å²) >= 11 is 7.25. The maximum Gasteiger partial charge on any atom is 0.316 e. The average Bonchev–Trinajstić information content (AvgIpc) is 2.64. The van der Waals surface area contributed by atoms with Crippen LogP contribution in [-0.2, 0) is 14.3 Å². The Morgan fingerprint density at radius 3 is 2.64 bits per heavy atom. The molecule has 1 N–H and O–H groups in total. The number of allylic oxidation sites excluding steroid dienone is 3. The second-order valence-corrected chi connectivity index (χ2v) is 9.08. The van der Waals surface area contributed by atoms with E-state index in [2.05, 4.69) is 25.2 Å². The summed E-state index contributed by atoms with van der Waals surface area (Å²) in [6.07, 6.45) is 1.13. The number of halogens is 1. The number of nitrogens with zero attached hydrogens (tertiary/aromatic N) is 1. The molecule has 146 valence electrons. The van der Waals surface area contributed by atoms with Gasteiger partial charge in [0.2, 0.25) is 0 Å². The van der Waals surface area contributed by atoms with E-state index in [0.717, 1.165) is 11.3 Å². The van der Waals surface area contributed by atoms with Crippen LogP contribution >= 0.6 is 23.4 Å². The van der Waals surface area contributed by atoms with Crippen LogP contribution in [0.3, 0.4) is 0 Å². The Labute approximate surface area is 173 Å². The van der Waals surface area contributed by atoms with Crippen molar-refractivity contribution >= 4 is 35.1 Å². The Kier molecular flexibility index (Phi) is 5.87. The number of dihydropyridines is 1. The number of hydrogen-bond acceptors (Lipinski definition) is 6. The van der Waals surface area contributed by atoms with Gasteiger partial charge in [0.1, 0.15) is 0 Å². The summed E-state index contributed by atoms with van der Waals surface area (Å²) < 4.78 is 4.72. The number of carbonyl (C=O) groups excluding carboxylic acids is 2. The fraction of sp³-hybridized carbons (Fsp3) is 0.381. The molecule has 28 heavy (non-hydrogen) atoms. The average molecular weight is 417 g/mol. The van der Waals surface area contributed by atoms with Gasteiger partial charge in [0, 0.05) is 22.7 Å². The molecule has 0 saturated heterocycles. The van der Waals surface area contributed by atoms with Crippen LogP contribution in [0.1, 0.15) is 38.2 Å². The van der Waals surface area contributed by atoms with Crippen molar-refractivity contribution < 1.29 is 14.3 Å². The number of hydrogen-bond donors (Lipinski definition) is 1. The zero-order valence-corrected chi connectivity index (χ0v) is 17.5. The van der Waals surface area contributed by atoms with E-state index in [-0.39, 0.29) is 22.9 Å². The van der Waals surface area contributed by atoms with E-state index < -0.39 is 5.92 Å². The molecular weight excluding hydrogens is 396 g/mol. The van der Waals surface area contributed by atoms with Crippen LogP contribution < -0.4 is 5.32 Å². The molecule has 0 radical (unpaired) electrons. The summed E-state index contributed by atoms with van der Waals surface area (Å²) in [6.45, 7) is 4.11. The van der Waals surface area contributed by atoms with Crippen LogP contribution in [0.2, 0.25) is 5.02 Å². The number of benzene rings is 1. The molecule has 0 aromatic heterocycles. The highest BCUT2D eigenvalue weighted by Gasteiger charge is 2.41. The minimum Gasteiger partial charge on any atom is -0.468 e. The SMILES string of the molecule is COC(=O)CSC1=C(C#N)C(c2ccc(Cl)cc2)C2=C(CC(C)(C)CC2=O)N1. The molecule has 0 bridgehead atoms. The lowest BCUT2D eigenvalue weighted by Gasteiger charge is -2.39. The first-order valence-electron chi connectivity index (χ1n) is 8.88. The first-order chi connectivity index (χ1) is 13.3. The number of methoxy groups -OCH3 is 1. The van der Waals surface area contributed by atoms with E-state index in [1.807, 2.05) is 12.1 Å². The highest BCUT2D eigenvalue weighted by atomic mass is 35.5. The van der Waals surface area contributed by atoms with E-state index >= 15 is 0 Å². The third-order valence-corrected chi connectivity index (χ3v) is 6.13. The van der Waals surface area contributed by atoms with Gasteiger partial charge in [-0.1, -0.05) is 49.3 Å². The quantitative estimate of drug-likeness (QED) is 0.736. The fourth-order valence-corrected chi connectivity index (χ4v) is 4.69. The number of carbonyl (C=O) groups is 2. The van der Waals surface area contributed by atoms with E-state index in [1.54, 1.807) is 12.1 Å². The van der Waals surface area contributed by atoms with Crippen molar-refractivity contribution in [1.82, 2.24) is 5.32 Å². The molecule has 0 fully saturated rings. The molecular formula is C21H21ClN2O3S. The number of nitrogens with one attached hydrogen (secondary N) is 1. The number of rotatable bonds is 4. The zero-order chi connectivity index (χ0) is 20.5. The van der Waals surface area contributed by atoms with Crippen LogP contribution in [0.4, 0.5) is 0 Å². The summed E-state index contributed by atoms with van der Waals surface area (Å²) in [5.41, 5.74) is 2.56. The number of ketones is 1. The molecule has 1 aliphatic heterocycles. The van der Waals surface area contributed by atoms with E-state index in [0.29, 0.717) is 34.0 Å². The van der Waals surface area contributed by atoms with Gasteiger partial charge in [-0.05, 0) is 29.5 Å². The number of Topliss-reactive ketones (excluding diaryl/α,β-unsaturated/α-hetero) is 1. The van der Waals surface area contributed by atoms with Crippen molar-refractivity contribution in [3.63, 3.8) is 0 Å². The van der Waals surface area contributed by atoms with Crippen LogP contribution in [-0.4, -0.2) is 24.6 Å². The molecule has 1 atom stereocenters. The van der Waals surface area contributed by atoms with E-state index in [1.165, 1.54) is 18.9 Å². The second kappa shape index (κ2) is 8.02. The van der Waals surface area contributed by atoms with Crippen molar-refractivity contribution in [3.05, 3.63) is 56.7 Å². The first-order valence-corrected chi connectivity index (χ1v) is 10.2. The normalized spacial score (nSPS) is 21.0. The lowest BCUT2D eigenvalue weighted by Crippen LogP contribution is -2.37. The standard InChI is InChI=1S/C21H21ClN2O3S/c1-21(2)8-15-19(16(25)9-21)18(12-4-6-13(22)7-5-12)14(10-23)20(24-15)28-11-17(26)27-3/h4-7,18,24H,8-9,11H2,1-3H3. The summed E-state index contributed by atoms with van der Waals surface area (Å²) in [5.74, 6) is -0.720. The molecule has 1 heterocycles. The van der Waals surface area contributed by atoms with Gasteiger partial charge in [0.05, 0.1) is 35.5 Å². The summed E-state index contributed by atoms with van der Waals surface area (Å²) in [4.78, 5) is 24.7. The molecule has 3 rings (SSSR count). The van der Waals surface area contributed by atoms with Gasteiger partial charge in [0.25, 0.3) is 0 Å². The Morgan fingerprint density at radius 1 is 1.36 bits per heavy atom. The van der Waals surface area contributed by atoms with Gasteiger partial charge >= 0.3 is 5.97 Å². The first kappa shape index (κ1) is 20.5. The third-order valence-electron chi connectivity index (χ3n) is 4.89. The number of ether oxygens (including phenoxy) is 1. The molecule has 0 saturated carbocycles. The predicted octanol–water partition coefficient (Wildman–Crippen LogP) is 4.31. The minimum atomic E-state index is -0.470. The number of thioether (sulfide) groups is 1. The molecule has 1 aromatic rings. The molecule has 5 nitrogen and oxygen atoms in total. The van der Waals surface area contributed by atoms with Gasteiger partial charge < -0.3 is 10.1 Å². The Balaban J connectivity index is 2.11. The summed E-state index contributed by atoms with van der Waals surface area (Å²) in [7, 11) is 1.33. The van der Waals surface area contributed by atoms with E-state index in [4.69, 9.17) is 16.3 Å². The van der Waals surface area contributed by atoms with Crippen molar-refractivity contribution in [2.24, 2.45) is 5.41 Å². The Bertz CT molecular complexity index is 926. The number of nitriles is 1. The van der Waals surface area contributed by atoms with Crippen LogP contribution in [0.15, 0.2) is 46.1 Å². The lowest BCUT2D eigenvalue weighted by atomic mass is 9.69. The van der Waals surface area contributed by atoms with Crippen LogP contribution in [0.5, 0.6) is 0 Å². The lowest BCUT2D eigenvalue weighted by molar-refractivity contribution is -0.137. The molecule has 2 aliphatic rings. The summed E-state index contributed by atoms with van der Waals surface area (Å²) in [5, 5.41) is 14.4. The van der Waals surface area contributed by atoms with Gasteiger partial charge in [-0.2, -0.15) is 5.26 Å². The molecule has 1 unspecified atom stereocenters. The molecule has 7 heteroatoms. The fourth-order valence-electron chi connectivity index (χ4n) is 3.67. The highest BCUT2D eigenvalue weighted by Crippen LogP contribution is 2.47. The molecule has 1 aliphatic carbocycles. The Morgan fingerprint density at radius 2 is 2.04 bits per heavy atom. The topological polar surface area (TPSA) is 79.2 Å². The van der Waals surface area contributed by atoms with Gasteiger partial charge in [-0.25, -0.2) is 0 Å². The van der Waals surface area contributed by atoms with E-state index in [9.17, 15) is 14.9 Å². The second-order valence-electron chi connectivity index (χ2n) is 7.66. The van der Waals surface area contributed by atoms with Crippen LogP contribution in [0, 0.1) is 16.7 Å². The van der Waals surface area contributed by atoms with Gasteiger partial charge in [0.15, 0.2) is 5.78 Å². The maximum atomic E-state index is 13.0. The highest BCUT2D eigenvalue weighted by molar-refractivity contribution is 8.03. The minimum absolute atomic E-state index is 0.0449. The largest absolute Gasteiger partial charge is 0.468 e. The van der Waals surface area contributed by atoms with Crippen molar-refractivity contribution in [2.45, 2.75) is 32.6 Å². The van der Waals surface area contributed by atoms with Gasteiger partial charge in [-0.3, -0.25) is 9.59 Å². The molecule has 1 aromatic carbocycles. The summed E-state index contributed by atoms with van der Waals surface area (Å²) in [6, 6.07) is 9.46. The number of esters is 1. The predicted molar refractivity (Wildman–Crippen MR) is 109 cm³/mol. The molecule has 0 spiro atoms. The monoisotopic (exact) mass is 416 g/mol. The molecule has 0 amide bonds. The van der Waals surface area contributed by atoms with Crippen molar-refractivity contribution in [2.75, 3.05) is 12.9 Å². The maximum absolute atomic E-state index is 13.0.